The van der Waals surface area contributed by atoms with Crippen molar-refractivity contribution in [3.63, 3.8) is 0 Å². The van der Waals surface area contributed by atoms with Gasteiger partial charge in [0.05, 0.1) is 18.3 Å². The van der Waals surface area contributed by atoms with Gasteiger partial charge in [0.1, 0.15) is 0 Å². The highest BCUT2D eigenvalue weighted by Crippen LogP contribution is 2.62. The molecular weight excluding hydrogens is 288 g/mol. The minimum Gasteiger partial charge on any atom is -0.396 e. The summed E-state index contributed by atoms with van der Waals surface area (Å²) in [4.78, 5) is 0. The van der Waals surface area contributed by atoms with Gasteiger partial charge in [0.15, 0.2) is 0 Å². The van der Waals surface area contributed by atoms with Crippen LogP contribution in [0.2, 0.25) is 0 Å². The van der Waals surface area contributed by atoms with Crippen LogP contribution in [0.4, 0.5) is 0 Å². The quantitative estimate of drug-likeness (QED) is 0.776. The lowest BCUT2D eigenvalue weighted by Crippen LogP contribution is -2.51. The van der Waals surface area contributed by atoms with E-state index in [2.05, 4.69) is 26.8 Å². The summed E-state index contributed by atoms with van der Waals surface area (Å²) < 4.78 is 6.15. The third kappa shape index (κ3) is 3.01. The number of hydrogen-bond donors (Lipinski definition) is 2. The topological polar surface area (TPSA) is 49.7 Å². The number of rotatable bonds is 4. The molecule has 1 saturated heterocycles. The molecule has 5 atom stereocenters. The van der Waals surface area contributed by atoms with E-state index in [1.807, 2.05) is 6.92 Å². The van der Waals surface area contributed by atoms with Gasteiger partial charge in [-0.2, -0.15) is 0 Å². The summed E-state index contributed by atoms with van der Waals surface area (Å²) >= 11 is 0. The second-order valence-corrected chi connectivity index (χ2v) is 9.42. The maximum atomic E-state index is 10.6. The largest absolute Gasteiger partial charge is 0.396 e. The van der Waals surface area contributed by atoms with Crippen LogP contribution in [-0.4, -0.2) is 35.1 Å². The molecule has 0 spiro atoms. The van der Waals surface area contributed by atoms with Crippen molar-refractivity contribution in [2.75, 3.05) is 13.2 Å². The van der Waals surface area contributed by atoms with Crippen LogP contribution in [0, 0.1) is 22.7 Å². The molecule has 2 aliphatic carbocycles. The number of fused-ring (bicyclic) bond motifs is 3. The molecule has 0 aromatic heterocycles. The number of allylic oxidation sites excluding steroid dienone is 1. The molecule has 0 aromatic carbocycles. The molecule has 0 aromatic rings. The van der Waals surface area contributed by atoms with E-state index in [-0.39, 0.29) is 18.1 Å². The summed E-state index contributed by atoms with van der Waals surface area (Å²) in [6.07, 6.45) is 8.63. The molecule has 0 bridgehead atoms. The molecule has 1 aliphatic heterocycles. The first kappa shape index (κ1) is 17.4. The second-order valence-electron chi connectivity index (χ2n) is 9.42. The van der Waals surface area contributed by atoms with E-state index in [1.165, 1.54) is 31.3 Å². The first-order valence-corrected chi connectivity index (χ1v) is 9.33. The summed E-state index contributed by atoms with van der Waals surface area (Å²) in [5.41, 5.74) is 1.28. The van der Waals surface area contributed by atoms with Gasteiger partial charge in [0.25, 0.3) is 0 Å². The molecule has 1 saturated carbocycles. The van der Waals surface area contributed by atoms with Crippen molar-refractivity contribution in [2.45, 2.75) is 77.9 Å². The zero-order chi connectivity index (χ0) is 16.9. The highest BCUT2D eigenvalue weighted by Gasteiger charge is 2.56. The van der Waals surface area contributed by atoms with Crippen molar-refractivity contribution in [3.05, 3.63) is 11.6 Å². The fourth-order valence-electron chi connectivity index (χ4n) is 6.01. The van der Waals surface area contributed by atoms with E-state index < -0.39 is 5.60 Å². The Bertz CT molecular complexity index is 479. The monoisotopic (exact) mass is 322 g/mol. The average molecular weight is 322 g/mol. The van der Waals surface area contributed by atoms with Crippen LogP contribution in [0.5, 0.6) is 0 Å². The average Bonchev–Trinajstić information content (AvgIpc) is 2.81. The Hall–Kier alpha value is -0.380. The molecule has 3 heteroatoms. The van der Waals surface area contributed by atoms with Crippen molar-refractivity contribution < 1.29 is 14.9 Å². The summed E-state index contributed by atoms with van der Waals surface area (Å²) in [5.74, 6) is 1.13. The van der Waals surface area contributed by atoms with E-state index in [0.717, 1.165) is 6.61 Å². The Labute approximate surface area is 141 Å². The summed E-state index contributed by atoms with van der Waals surface area (Å²) in [6.45, 7) is 9.93. The smallest absolute Gasteiger partial charge is 0.0684 e. The molecule has 23 heavy (non-hydrogen) atoms. The molecule has 2 N–H and O–H groups in total. The first-order chi connectivity index (χ1) is 10.7. The van der Waals surface area contributed by atoms with Crippen molar-refractivity contribution >= 4 is 0 Å². The van der Waals surface area contributed by atoms with E-state index in [0.29, 0.717) is 30.1 Å². The molecule has 0 amide bonds. The van der Waals surface area contributed by atoms with Gasteiger partial charge in [-0.1, -0.05) is 33.3 Å². The zero-order valence-electron chi connectivity index (χ0n) is 15.3. The Morgan fingerprint density at radius 2 is 2.04 bits per heavy atom. The molecule has 3 aliphatic rings. The summed E-state index contributed by atoms with van der Waals surface area (Å²) in [7, 11) is 0. The lowest BCUT2D eigenvalue weighted by atomic mass is 9.48. The van der Waals surface area contributed by atoms with Gasteiger partial charge < -0.3 is 14.9 Å². The van der Waals surface area contributed by atoms with E-state index in [9.17, 15) is 10.2 Å². The van der Waals surface area contributed by atoms with Gasteiger partial charge in [-0.15, -0.1) is 0 Å². The number of aliphatic hydroxyl groups excluding tert-OH is 1. The highest BCUT2D eigenvalue weighted by molar-refractivity contribution is 5.25. The fraction of sp³-hybridized carbons (Fsp3) is 0.900. The molecule has 3 rings (SSSR count). The minimum atomic E-state index is -0.845. The van der Waals surface area contributed by atoms with Gasteiger partial charge in [-0.25, -0.2) is 0 Å². The van der Waals surface area contributed by atoms with Crippen molar-refractivity contribution in [3.8, 4) is 0 Å². The van der Waals surface area contributed by atoms with Gasteiger partial charge in [-0.05, 0) is 54.9 Å². The van der Waals surface area contributed by atoms with Gasteiger partial charge >= 0.3 is 0 Å². The minimum absolute atomic E-state index is 0.0278. The van der Waals surface area contributed by atoms with Crippen molar-refractivity contribution in [2.24, 2.45) is 22.7 Å². The predicted octanol–water partition coefficient (Wildman–Crippen LogP) is 3.69. The zero-order valence-corrected chi connectivity index (χ0v) is 15.3. The second kappa shape index (κ2) is 5.86. The third-order valence-corrected chi connectivity index (χ3v) is 7.13. The van der Waals surface area contributed by atoms with E-state index in [1.54, 1.807) is 0 Å². The van der Waals surface area contributed by atoms with Crippen LogP contribution in [-0.2, 0) is 4.74 Å². The van der Waals surface area contributed by atoms with E-state index >= 15 is 0 Å². The lowest BCUT2D eigenvalue weighted by molar-refractivity contribution is -0.0856. The first-order valence-electron chi connectivity index (χ1n) is 9.33. The lowest BCUT2D eigenvalue weighted by Gasteiger charge is -2.56. The number of ether oxygens (including phenoxy) is 1. The van der Waals surface area contributed by atoms with Crippen LogP contribution in [0.25, 0.3) is 0 Å². The molecule has 1 heterocycles. The SMILES string of the molecule is CC1(C)CCC[C@]2(C)[C@@H]3C(=CC[C@@H]12)CO[C@H]3C[C@@](C)(O)CCO. The normalized spacial score (nSPS) is 41.7. The van der Waals surface area contributed by atoms with Crippen LogP contribution >= 0.6 is 0 Å². The molecule has 3 nitrogen and oxygen atoms in total. The predicted molar refractivity (Wildman–Crippen MR) is 92.1 cm³/mol. The molecule has 0 radical (unpaired) electrons. The van der Waals surface area contributed by atoms with Crippen LogP contribution in [0.3, 0.4) is 0 Å². The maximum Gasteiger partial charge on any atom is 0.0684 e. The Morgan fingerprint density at radius 3 is 2.74 bits per heavy atom. The Kier molecular flexibility index (Phi) is 4.44. The standard InChI is InChI=1S/C20H34O3/c1-18(2)8-5-9-20(4)16(18)7-6-14-13-23-15(17(14)20)12-19(3,22)10-11-21/h6,15-17,21-22H,5,7-13H2,1-4H3/t15-,16-,17+,19-,20-/m0/s1. The fourth-order valence-corrected chi connectivity index (χ4v) is 6.01. The maximum absolute atomic E-state index is 10.6. The molecule has 2 fully saturated rings. The molecule has 0 unspecified atom stereocenters. The van der Waals surface area contributed by atoms with Crippen molar-refractivity contribution in [1.29, 1.82) is 0 Å². The van der Waals surface area contributed by atoms with Crippen molar-refractivity contribution in [1.82, 2.24) is 0 Å². The Morgan fingerprint density at radius 1 is 1.30 bits per heavy atom. The van der Waals surface area contributed by atoms with Gasteiger partial charge in [-0.3, -0.25) is 0 Å². The van der Waals surface area contributed by atoms with Gasteiger partial charge in [0.2, 0.25) is 0 Å². The van der Waals surface area contributed by atoms with E-state index in [4.69, 9.17) is 4.74 Å². The van der Waals surface area contributed by atoms with Crippen LogP contribution in [0.1, 0.15) is 66.2 Å². The van der Waals surface area contributed by atoms with Crippen LogP contribution < -0.4 is 0 Å². The number of aliphatic hydroxyl groups is 2. The van der Waals surface area contributed by atoms with Crippen LogP contribution in [0.15, 0.2) is 11.6 Å². The number of hydrogen-bond acceptors (Lipinski definition) is 3. The highest BCUT2D eigenvalue weighted by atomic mass is 16.5. The third-order valence-electron chi connectivity index (χ3n) is 7.13. The van der Waals surface area contributed by atoms with Gasteiger partial charge in [0, 0.05) is 18.9 Å². The molecule has 132 valence electrons. The molecular formula is C20H34O3. The summed E-state index contributed by atoms with van der Waals surface area (Å²) in [5, 5.41) is 19.8. The Balaban J connectivity index is 1.87. The summed E-state index contributed by atoms with van der Waals surface area (Å²) in [6, 6.07) is 0.